The van der Waals surface area contributed by atoms with E-state index in [2.05, 4.69) is 0 Å². The molecule has 27 heavy (non-hydrogen) atoms. The van der Waals surface area contributed by atoms with E-state index < -0.39 is 17.4 Å². The Labute approximate surface area is 161 Å². The van der Waals surface area contributed by atoms with Crippen molar-refractivity contribution in [3.63, 3.8) is 0 Å². The van der Waals surface area contributed by atoms with Crippen LogP contribution in [0.3, 0.4) is 0 Å². The van der Waals surface area contributed by atoms with Gasteiger partial charge in [-0.3, -0.25) is 9.59 Å². The van der Waals surface area contributed by atoms with Crippen LogP contribution >= 0.6 is 11.6 Å². The molecule has 2 aromatic rings. The van der Waals surface area contributed by atoms with E-state index >= 15 is 0 Å². The third-order valence-electron chi connectivity index (χ3n) is 4.68. The van der Waals surface area contributed by atoms with E-state index in [0.29, 0.717) is 16.1 Å². The van der Waals surface area contributed by atoms with Gasteiger partial charge in [-0.2, -0.15) is 0 Å². The van der Waals surface area contributed by atoms with Crippen molar-refractivity contribution in [3.8, 4) is 5.75 Å². The molecule has 6 nitrogen and oxygen atoms in total. The van der Waals surface area contributed by atoms with Crippen LogP contribution < -0.4 is 4.74 Å². The fourth-order valence-corrected chi connectivity index (χ4v) is 3.30. The van der Waals surface area contributed by atoms with Gasteiger partial charge in [0.1, 0.15) is 5.75 Å². The number of fused-ring (bicyclic) bond motifs is 1. The Kier molecular flexibility index (Phi) is 5.10. The van der Waals surface area contributed by atoms with Crippen LogP contribution in [0.1, 0.15) is 39.6 Å². The van der Waals surface area contributed by atoms with Crippen molar-refractivity contribution < 1.29 is 28.9 Å². The number of ether oxygens (including phenoxy) is 3. The summed E-state index contributed by atoms with van der Waals surface area (Å²) in [5.41, 5.74) is 0.731. The highest BCUT2D eigenvalue weighted by Crippen LogP contribution is 2.47. The predicted octanol–water partition coefficient (Wildman–Crippen LogP) is 3.34. The van der Waals surface area contributed by atoms with Crippen molar-refractivity contribution in [2.45, 2.75) is 24.9 Å². The number of carbonyl (C=O) groups excluding carboxylic acids is 2. The van der Waals surface area contributed by atoms with E-state index in [-0.39, 0.29) is 23.5 Å². The Balaban J connectivity index is 2.22. The van der Waals surface area contributed by atoms with Gasteiger partial charge in [0.25, 0.3) is 5.79 Å². The number of Topliss-reactive ketones (excluding diaryl/α,β-unsaturated/α-hetero) is 2. The van der Waals surface area contributed by atoms with Gasteiger partial charge in [0.05, 0.1) is 5.56 Å². The van der Waals surface area contributed by atoms with Crippen LogP contribution in [0, 0.1) is 0 Å². The number of carbonyl (C=O) groups is 2. The maximum absolute atomic E-state index is 13.2. The first kappa shape index (κ1) is 19.5. The summed E-state index contributed by atoms with van der Waals surface area (Å²) in [7, 11) is 2.48. The van der Waals surface area contributed by atoms with Gasteiger partial charge in [0.15, 0.2) is 5.78 Å². The Hall–Kier alpha value is -2.25. The second-order valence-corrected chi connectivity index (χ2v) is 6.53. The van der Waals surface area contributed by atoms with Crippen molar-refractivity contribution in [1.29, 1.82) is 0 Å². The Morgan fingerprint density at radius 3 is 2.37 bits per heavy atom. The van der Waals surface area contributed by atoms with Crippen molar-refractivity contribution in [2.75, 3.05) is 14.2 Å². The molecule has 2 unspecified atom stereocenters. The lowest BCUT2D eigenvalue weighted by molar-refractivity contribution is -0.346. The third kappa shape index (κ3) is 2.85. The lowest BCUT2D eigenvalue weighted by atomic mass is 9.86. The number of ketones is 2. The zero-order chi connectivity index (χ0) is 19.8. The van der Waals surface area contributed by atoms with Crippen LogP contribution in [0.15, 0.2) is 42.5 Å². The second kappa shape index (κ2) is 7.05. The summed E-state index contributed by atoms with van der Waals surface area (Å²) < 4.78 is 16.7. The van der Waals surface area contributed by atoms with Crippen molar-refractivity contribution in [1.82, 2.24) is 0 Å². The van der Waals surface area contributed by atoms with Gasteiger partial charge < -0.3 is 19.3 Å². The van der Waals surface area contributed by atoms with Crippen LogP contribution in [-0.2, 0) is 15.3 Å². The summed E-state index contributed by atoms with van der Waals surface area (Å²) in [6.45, 7) is 1.72. The average Bonchev–Trinajstić information content (AvgIpc) is 2.70. The lowest BCUT2D eigenvalue weighted by Gasteiger charge is -2.46. The summed E-state index contributed by atoms with van der Waals surface area (Å²) in [5, 5.41) is 11.6. The number of rotatable bonds is 5. The number of halogens is 1. The molecule has 0 saturated heterocycles. The highest BCUT2D eigenvalue weighted by atomic mass is 35.5. The van der Waals surface area contributed by atoms with Crippen LogP contribution in [0.4, 0.5) is 0 Å². The average molecular weight is 391 g/mol. The first-order valence-corrected chi connectivity index (χ1v) is 8.70. The Bertz CT molecular complexity index is 894. The van der Waals surface area contributed by atoms with E-state index in [1.807, 2.05) is 0 Å². The Morgan fingerprint density at radius 1 is 1.15 bits per heavy atom. The molecule has 0 amide bonds. The molecule has 142 valence electrons. The quantitative estimate of drug-likeness (QED) is 0.622. The van der Waals surface area contributed by atoms with Gasteiger partial charge in [-0.1, -0.05) is 30.7 Å². The van der Waals surface area contributed by atoms with Gasteiger partial charge in [0.2, 0.25) is 5.78 Å². The number of benzene rings is 2. The van der Waals surface area contributed by atoms with E-state index in [1.54, 1.807) is 37.3 Å². The summed E-state index contributed by atoms with van der Waals surface area (Å²) in [6, 6.07) is 10.8. The van der Waals surface area contributed by atoms with E-state index in [1.165, 1.54) is 26.4 Å². The second-order valence-electron chi connectivity index (χ2n) is 6.09. The Morgan fingerprint density at radius 2 is 1.81 bits per heavy atom. The summed E-state index contributed by atoms with van der Waals surface area (Å²) >= 11 is 5.94. The lowest BCUT2D eigenvalue weighted by Crippen LogP contribution is -2.64. The number of aliphatic hydroxyl groups is 1. The minimum atomic E-state index is -2.48. The molecule has 0 fully saturated rings. The first-order valence-electron chi connectivity index (χ1n) is 8.32. The smallest absolute Gasteiger partial charge is 0.304 e. The van der Waals surface area contributed by atoms with Crippen LogP contribution in [0.5, 0.6) is 5.75 Å². The molecule has 2 atom stereocenters. The minimum Gasteiger partial charge on any atom is -0.451 e. The SMILES string of the molecule is CCC(=O)c1ccc2c(c1)C(=O)C(O)(OC)C(OC)(c1ccc(Cl)cc1)O2. The molecular formula is C20H19ClO6. The van der Waals surface area contributed by atoms with E-state index in [9.17, 15) is 14.7 Å². The van der Waals surface area contributed by atoms with E-state index in [0.717, 1.165) is 0 Å². The topological polar surface area (TPSA) is 82.1 Å². The molecule has 2 aromatic carbocycles. The third-order valence-corrected chi connectivity index (χ3v) is 4.93. The minimum absolute atomic E-state index is 0.0419. The highest BCUT2D eigenvalue weighted by molar-refractivity contribution is 6.30. The van der Waals surface area contributed by atoms with Crippen LogP contribution in [0.2, 0.25) is 5.02 Å². The normalized spacial score (nSPS) is 24.3. The van der Waals surface area contributed by atoms with E-state index in [4.69, 9.17) is 25.8 Å². The predicted molar refractivity (Wildman–Crippen MR) is 98.1 cm³/mol. The fraction of sp³-hybridized carbons (Fsp3) is 0.300. The molecule has 0 radical (unpaired) electrons. The molecule has 1 aliphatic rings. The molecule has 1 N–H and O–H groups in total. The molecule has 0 aromatic heterocycles. The fourth-order valence-electron chi connectivity index (χ4n) is 3.18. The van der Waals surface area contributed by atoms with Crippen molar-refractivity contribution in [2.24, 2.45) is 0 Å². The van der Waals surface area contributed by atoms with Gasteiger partial charge >= 0.3 is 5.79 Å². The van der Waals surface area contributed by atoms with Gasteiger partial charge in [-0.15, -0.1) is 0 Å². The van der Waals surface area contributed by atoms with Crippen LogP contribution in [0.25, 0.3) is 0 Å². The van der Waals surface area contributed by atoms with Crippen molar-refractivity contribution in [3.05, 3.63) is 64.2 Å². The standard InChI is InChI=1S/C20H19ClO6/c1-4-16(22)12-5-10-17-15(11-12)18(23)19(24,25-2)20(26-3,27-17)13-6-8-14(21)9-7-13/h5-11,24H,4H2,1-3H3. The summed E-state index contributed by atoms with van der Waals surface area (Å²) in [6.07, 6.45) is 0.287. The molecule has 1 heterocycles. The molecule has 3 rings (SSSR count). The first-order chi connectivity index (χ1) is 12.8. The molecule has 0 saturated carbocycles. The largest absolute Gasteiger partial charge is 0.451 e. The number of hydrogen-bond donors (Lipinski definition) is 1. The monoisotopic (exact) mass is 390 g/mol. The molecular weight excluding hydrogens is 372 g/mol. The van der Waals surface area contributed by atoms with Crippen LogP contribution in [-0.4, -0.2) is 36.7 Å². The van der Waals surface area contributed by atoms with Gasteiger partial charge in [-0.25, -0.2) is 0 Å². The highest BCUT2D eigenvalue weighted by Gasteiger charge is 2.64. The maximum Gasteiger partial charge on any atom is 0.304 e. The zero-order valence-corrected chi connectivity index (χ0v) is 15.9. The molecule has 1 aliphatic heterocycles. The zero-order valence-electron chi connectivity index (χ0n) is 15.1. The molecule has 0 bridgehead atoms. The number of hydrogen-bond acceptors (Lipinski definition) is 6. The molecule has 0 spiro atoms. The molecule has 0 aliphatic carbocycles. The summed E-state index contributed by atoms with van der Waals surface area (Å²) in [5.74, 6) is -5.16. The summed E-state index contributed by atoms with van der Waals surface area (Å²) in [4.78, 5) is 25.2. The molecule has 7 heteroatoms. The van der Waals surface area contributed by atoms with Gasteiger partial charge in [-0.05, 0) is 30.3 Å². The maximum atomic E-state index is 13.2. The van der Waals surface area contributed by atoms with Crippen molar-refractivity contribution >= 4 is 23.2 Å². The number of methoxy groups -OCH3 is 2. The van der Waals surface area contributed by atoms with Gasteiger partial charge in [0, 0.05) is 36.8 Å².